The van der Waals surface area contributed by atoms with E-state index in [-0.39, 0.29) is 12.4 Å². The lowest BCUT2D eigenvalue weighted by Crippen LogP contribution is -2.05. The third-order valence-electron chi connectivity index (χ3n) is 2.19. The number of carbonyl (C=O) groups is 1. The molecule has 0 atom stereocenters. The van der Waals surface area contributed by atoms with Gasteiger partial charge in [-0.2, -0.15) is 0 Å². The average molecular weight is 193 g/mol. The number of aliphatic hydroxyl groups is 1. The molecule has 0 fully saturated rings. The van der Waals surface area contributed by atoms with E-state index in [0.717, 1.165) is 5.56 Å². The molecule has 0 amide bonds. The summed E-state index contributed by atoms with van der Waals surface area (Å²) in [6, 6.07) is 5.41. The van der Waals surface area contributed by atoms with Gasteiger partial charge in [0.2, 0.25) is 0 Å². The van der Waals surface area contributed by atoms with Crippen molar-refractivity contribution in [3.8, 4) is 0 Å². The van der Waals surface area contributed by atoms with Crippen LogP contribution in [0.4, 0.5) is 5.69 Å². The molecule has 0 aliphatic carbocycles. The van der Waals surface area contributed by atoms with E-state index < -0.39 is 0 Å². The third-order valence-corrected chi connectivity index (χ3v) is 2.19. The molecule has 0 radical (unpaired) electrons. The molecule has 0 saturated heterocycles. The number of aryl methyl sites for hydroxylation is 1. The van der Waals surface area contributed by atoms with Crippen molar-refractivity contribution >= 4 is 11.5 Å². The number of hydrogen-bond donors (Lipinski definition) is 2. The maximum absolute atomic E-state index is 11.6. The quantitative estimate of drug-likeness (QED) is 0.563. The number of para-hydroxylation sites is 1. The fourth-order valence-corrected chi connectivity index (χ4v) is 1.30. The van der Waals surface area contributed by atoms with E-state index in [4.69, 9.17) is 10.8 Å². The van der Waals surface area contributed by atoms with Crippen molar-refractivity contribution in [1.82, 2.24) is 0 Å². The van der Waals surface area contributed by atoms with Gasteiger partial charge < -0.3 is 10.8 Å². The Labute approximate surface area is 83.6 Å². The van der Waals surface area contributed by atoms with Crippen LogP contribution < -0.4 is 5.73 Å². The zero-order valence-electron chi connectivity index (χ0n) is 8.29. The van der Waals surface area contributed by atoms with Gasteiger partial charge in [-0.25, -0.2) is 0 Å². The van der Waals surface area contributed by atoms with Crippen LogP contribution in [0.2, 0.25) is 0 Å². The monoisotopic (exact) mass is 193 g/mol. The van der Waals surface area contributed by atoms with E-state index in [0.29, 0.717) is 24.1 Å². The predicted molar refractivity (Wildman–Crippen MR) is 56.2 cm³/mol. The number of anilines is 1. The maximum Gasteiger partial charge on any atom is 0.165 e. The minimum atomic E-state index is 0.000231. The van der Waals surface area contributed by atoms with Crippen LogP contribution in [-0.4, -0.2) is 17.5 Å². The minimum Gasteiger partial charge on any atom is -0.398 e. The van der Waals surface area contributed by atoms with Crippen molar-refractivity contribution in [2.45, 2.75) is 19.8 Å². The summed E-state index contributed by atoms with van der Waals surface area (Å²) >= 11 is 0. The molecule has 0 heterocycles. The van der Waals surface area contributed by atoms with Crippen LogP contribution in [0.1, 0.15) is 28.8 Å². The van der Waals surface area contributed by atoms with Crippen molar-refractivity contribution < 1.29 is 9.90 Å². The number of Topliss-reactive ketones (excluding diaryl/α,β-unsaturated/α-hetero) is 1. The molecular weight excluding hydrogens is 178 g/mol. The highest BCUT2D eigenvalue weighted by Gasteiger charge is 2.09. The Kier molecular flexibility index (Phi) is 3.65. The van der Waals surface area contributed by atoms with E-state index in [9.17, 15) is 4.79 Å². The molecule has 0 aliphatic heterocycles. The second-order valence-corrected chi connectivity index (χ2v) is 3.29. The number of benzene rings is 1. The average Bonchev–Trinajstić information content (AvgIpc) is 2.18. The highest BCUT2D eigenvalue weighted by molar-refractivity contribution is 6.01. The van der Waals surface area contributed by atoms with Crippen LogP contribution in [0.15, 0.2) is 18.2 Å². The van der Waals surface area contributed by atoms with Crippen molar-refractivity contribution in [2.24, 2.45) is 0 Å². The molecule has 1 rings (SSSR count). The van der Waals surface area contributed by atoms with Gasteiger partial charge in [-0.1, -0.05) is 12.1 Å². The summed E-state index contributed by atoms with van der Waals surface area (Å²) in [5.74, 6) is 0.000231. The number of nitrogens with two attached hydrogens (primary N) is 1. The molecule has 14 heavy (non-hydrogen) atoms. The molecule has 3 heteroatoms. The first kappa shape index (κ1) is 10.7. The Morgan fingerprint density at radius 2 is 2.21 bits per heavy atom. The normalized spacial score (nSPS) is 10.1. The number of carbonyl (C=O) groups excluding carboxylic acids is 1. The van der Waals surface area contributed by atoms with Crippen molar-refractivity contribution in [3.05, 3.63) is 29.3 Å². The Morgan fingerprint density at radius 1 is 1.50 bits per heavy atom. The molecule has 1 aromatic rings. The van der Waals surface area contributed by atoms with Crippen molar-refractivity contribution in [2.75, 3.05) is 12.3 Å². The highest BCUT2D eigenvalue weighted by atomic mass is 16.3. The molecule has 0 aromatic heterocycles. The molecule has 0 bridgehead atoms. The van der Waals surface area contributed by atoms with Gasteiger partial charge in [0.05, 0.1) is 0 Å². The summed E-state index contributed by atoms with van der Waals surface area (Å²) in [6.45, 7) is 1.91. The lowest BCUT2D eigenvalue weighted by Gasteiger charge is -2.06. The lowest BCUT2D eigenvalue weighted by molar-refractivity contribution is 0.0972. The van der Waals surface area contributed by atoms with E-state index in [1.165, 1.54) is 0 Å². The number of nitrogen functional groups attached to an aromatic ring is 1. The second-order valence-electron chi connectivity index (χ2n) is 3.29. The first-order valence-electron chi connectivity index (χ1n) is 4.66. The Morgan fingerprint density at radius 3 is 2.86 bits per heavy atom. The summed E-state index contributed by atoms with van der Waals surface area (Å²) in [4.78, 5) is 11.6. The minimum absolute atomic E-state index is 0.000231. The van der Waals surface area contributed by atoms with Crippen LogP contribution in [0.3, 0.4) is 0 Å². The van der Waals surface area contributed by atoms with E-state index >= 15 is 0 Å². The topological polar surface area (TPSA) is 63.3 Å². The zero-order chi connectivity index (χ0) is 10.6. The van der Waals surface area contributed by atoms with Crippen LogP contribution >= 0.6 is 0 Å². The van der Waals surface area contributed by atoms with E-state index in [2.05, 4.69) is 0 Å². The highest BCUT2D eigenvalue weighted by Crippen LogP contribution is 2.18. The standard InChI is InChI=1S/C11H15NO2/c1-8-4-2-5-9(11(8)12)10(14)6-3-7-13/h2,4-5,13H,3,6-7,12H2,1H3. The van der Waals surface area contributed by atoms with Gasteiger partial charge in [-0.15, -0.1) is 0 Å². The summed E-state index contributed by atoms with van der Waals surface area (Å²) in [5, 5.41) is 8.60. The van der Waals surface area contributed by atoms with Gasteiger partial charge >= 0.3 is 0 Å². The predicted octanol–water partition coefficient (Wildman–Crippen LogP) is 1.53. The molecule has 0 unspecified atom stereocenters. The summed E-state index contributed by atoms with van der Waals surface area (Å²) < 4.78 is 0. The van der Waals surface area contributed by atoms with Gasteiger partial charge in [-0.3, -0.25) is 4.79 Å². The van der Waals surface area contributed by atoms with E-state index in [1.807, 2.05) is 19.1 Å². The van der Waals surface area contributed by atoms with Gasteiger partial charge in [-0.05, 0) is 25.0 Å². The lowest BCUT2D eigenvalue weighted by atomic mass is 10.0. The Hall–Kier alpha value is -1.35. The fraction of sp³-hybridized carbons (Fsp3) is 0.364. The third kappa shape index (κ3) is 2.33. The largest absolute Gasteiger partial charge is 0.398 e. The van der Waals surface area contributed by atoms with Gasteiger partial charge in [0.15, 0.2) is 5.78 Å². The molecule has 0 aliphatic rings. The van der Waals surface area contributed by atoms with Crippen LogP contribution in [0.25, 0.3) is 0 Å². The summed E-state index contributed by atoms with van der Waals surface area (Å²) in [5.41, 5.74) is 7.81. The summed E-state index contributed by atoms with van der Waals surface area (Å²) in [6.07, 6.45) is 0.844. The SMILES string of the molecule is Cc1cccc(C(=O)CCCO)c1N. The Bertz CT molecular complexity index is 334. The van der Waals surface area contributed by atoms with E-state index in [1.54, 1.807) is 6.07 Å². The Balaban J connectivity index is 2.84. The van der Waals surface area contributed by atoms with Crippen LogP contribution in [-0.2, 0) is 0 Å². The number of hydrogen-bond acceptors (Lipinski definition) is 3. The fourth-order valence-electron chi connectivity index (χ4n) is 1.30. The van der Waals surface area contributed by atoms with Crippen LogP contribution in [0, 0.1) is 6.92 Å². The van der Waals surface area contributed by atoms with Crippen molar-refractivity contribution in [1.29, 1.82) is 0 Å². The first-order chi connectivity index (χ1) is 6.66. The molecule has 3 N–H and O–H groups in total. The van der Waals surface area contributed by atoms with Gasteiger partial charge in [0.1, 0.15) is 0 Å². The number of ketones is 1. The first-order valence-corrected chi connectivity index (χ1v) is 4.66. The summed E-state index contributed by atoms with van der Waals surface area (Å²) in [7, 11) is 0. The smallest absolute Gasteiger partial charge is 0.165 e. The second kappa shape index (κ2) is 4.77. The molecule has 0 spiro atoms. The van der Waals surface area contributed by atoms with Gasteiger partial charge in [0, 0.05) is 24.3 Å². The number of aliphatic hydroxyl groups excluding tert-OH is 1. The maximum atomic E-state index is 11.6. The van der Waals surface area contributed by atoms with Gasteiger partial charge in [0.25, 0.3) is 0 Å². The molecule has 0 saturated carbocycles. The van der Waals surface area contributed by atoms with Crippen LogP contribution in [0.5, 0.6) is 0 Å². The molecule has 1 aromatic carbocycles. The van der Waals surface area contributed by atoms with Crippen molar-refractivity contribution in [3.63, 3.8) is 0 Å². The molecular formula is C11H15NO2. The molecule has 3 nitrogen and oxygen atoms in total. The number of rotatable bonds is 4. The zero-order valence-corrected chi connectivity index (χ0v) is 8.29. The molecule has 76 valence electrons.